The molecule has 0 aliphatic heterocycles. The Kier molecular flexibility index (Phi) is 4.93. The van der Waals surface area contributed by atoms with Crippen molar-refractivity contribution in [1.82, 2.24) is 4.90 Å². The van der Waals surface area contributed by atoms with E-state index in [0.717, 1.165) is 6.42 Å². The van der Waals surface area contributed by atoms with Crippen molar-refractivity contribution >= 4 is 5.91 Å². The Bertz CT molecular complexity index is 197. The van der Waals surface area contributed by atoms with Gasteiger partial charge in [-0.25, -0.2) is 0 Å². The van der Waals surface area contributed by atoms with Crippen LogP contribution in [0.1, 0.15) is 13.3 Å². The molecule has 0 bridgehead atoms. The fourth-order valence-electron chi connectivity index (χ4n) is 0.589. The second kappa shape index (κ2) is 5.55. The van der Waals surface area contributed by atoms with E-state index in [1.54, 1.807) is 24.9 Å². The van der Waals surface area contributed by atoms with Crippen molar-refractivity contribution in [3.05, 3.63) is 12.7 Å². The van der Waals surface area contributed by atoms with E-state index in [4.69, 9.17) is 0 Å². The van der Waals surface area contributed by atoms with Gasteiger partial charge >= 0.3 is 0 Å². The van der Waals surface area contributed by atoms with Crippen LogP contribution in [0.25, 0.3) is 0 Å². The van der Waals surface area contributed by atoms with Gasteiger partial charge < -0.3 is 4.90 Å². The van der Waals surface area contributed by atoms with Crippen LogP contribution in [0.3, 0.4) is 0 Å². The van der Waals surface area contributed by atoms with E-state index < -0.39 is 0 Å². The van der Waals surface area contributed by atoms with Gasteiger partial charge in [0.25, 0.3) is 5.91 Å². The molecule has 0 aromatic heterocycles. The fraction of sp³-hybridized carbons (Fsp3) is 0.444. The van der Waals surface area contributed by atoms with E-state index in [1.807, 2.05) is 0 Å². The third-order valence-electron chi connectivity index (χ3n) is 1.25. The highest BCUT2D eigenvalue weighted by Gasteiger charge is 2.01. The van der Waals surface area contributed by atoms with Crippen molar-refractivity contribution in [2.24, 2.45) is 0 Å². The van der Waals surface area contributed by atoms with Gasteiger partial charge in [-0.3, -0.25) is 4.79 Å². The standard InChI is InChI=1S/C9H13NO/c1-4-6-8-10(3)9(11)7-5-2/h4H,1,6,8H2,2-3H3. The van der Waals surface area contributed by atoms with Crippen LogP contribution in [0.4, 0.5) is 0 Å². The molecule has 0 atom stereocenters. The van der Waals surface area contributed by atoms with Crippen molar-refractivity contribution in [1.29, 1.82) is 0 Å². The van der Waals surface area contributed by atoms with E-state index in [1.165, 1.54) is 0 Å². The van der Waals surface area contributed by atoms with Crippen LogP contribution >= 0.6 is 0 Å². The van der Waals surface area contributed by atoms with Crippen molar-refractivity contribution in [3.63, 3.8) is 0 Å². The molecule has 0 aromatic carbocycles. The molecular weight excluding hydrogens is 138 g/mol. The third-order valence-corrected chi connectivity index (χ3v) is 1.25. The summed E-state index contributed by atoms with van der Waals surface area (Å²) in [5.41, 5.74) is 0. The minimum Gasteiger partial charge on any atom is -0.335 e. The van der Waals surface area contributed by atoms with Gasteiger partial charge in [0.2, 0.25) is 0 Å². The Morgan fingerprint density at radius 1 is 1.73 bits per heavy atom. The molecule has 0 saturated heterocycles. The van der Waals surface area contributed by atoms with E-state index in [0.29, 0.717) is 6.54 Å². The van der Waals surface area contributed by atoms with Gasteiger partial charge in [-0.05, 0) is 19.3 Å². The lowest BCUT2D eigenvalue weighted by molar-refractivity contribution is -0.123. The molecule has 2 heteroatoms. The van der Waals surface area contributed by atoms with E-state index >= 15 is 0 Å². The summed E-state index contributed by atoms with van der Waals surface area (Å²) in [5, 5.41) is 0. The first kappa shape index (κ1) is 9.77. The molecular formula is C9H13NO. The average Bonchev–Trinajstić information content (AvgIpc) is 2.00. The van der Waals surface area contributed by atoms with Crippen molar-refractivity contribution in [2.45, 2.75) is 13.3 Å². The first-order chi connectivity index (χ1) is 5.22. The largest absolute Gasteiger partial charge is 0.335 e. The van der Waals surface area contributed by atoms with Gasteiger partial charge in [-0.1, -0.05) is 12.0 Å². The molecule has 0 unspecified atom stereocenters. The maximum absolute atomic E-state index is 11.0. The van der Waals surface area contributed by atoms with Gasteiger partial charge in [0, 0.05) is 13.6 Å². The maximum Gasteiger partial charge on any atom is 0.298 e. The topological polar surface area (TPSA) is 20.3 Å². The predicted octanol–water partition coefficient (Wildman–Crippen LogP) is 1.04. The summed E-state index contributed by atoms with van der Waals surface area (Å²) >= 11 is 0. The van der Waals surface area contributed by atoms with Crippen LogP contribution in [0.15, 0.2) is 12.7 Å². The minimum atomic E-state index is -0.130. The summed E-state index contributed by atoms with van der Waals surface area (Å²) in [6.45, 7) is 5.91. The lowest BCUT2D eigenvalue weighted by Crippen LogP contribution is -2.25. The predicted molar refractivity (Wildman–Crippen MR) is 45.9 cm³/mol. The number of nitrogens with zero attached hydrogens (tertiary/aromatic N) is 1. The van der Waals surface area contributed by atoms with Crippen LogP contribution in [-0.4, -0.2) is 24.4 Å². The highest BCUT2D eigenvalue weighted by Crippen LogP contribution is 1.87. The molecule has 0 N–H and O–H groups in total. The zero-order valence-corrected chi connectivity index (χ0v) is 7.05. The molecule has 60 valence electrons. The fourth-order valence-corrected chi connectivity index (χ4v) is 0.589. The van der Waals surface area contributed by atoms with Gasteiger partial charge in [0.15, 0.2) is 0 Å². The number of rotatable bonds is 3. The summed E-state index contributed by atoms with van der Waals surface area (Å²) in [5.74, 6) is 4.88. The van der Waals surface area contributed by atoms with E-state index in [-0.39, 0.29) is 5.91 Å². The molecule has 0 aromatic rings. The molecule has 11 heavy (non-hydrogen) atoms. The minimum absolute atomic E-state index is 0.130. The lowest BCUT2D eigenvalue weighted by atomic mass is 10.4. The lowest BCUT2D eigenvalue weighted by Gasteiger charge is -2.11. The summed E-state index contributed by atoms with van der Waals surface area (Å²) in [4.78, 5) is 12.5. The van der Waals surface area contributed by atoms with Crippen LogP contribution in [-0.2, 0) is 4.79 Å². The number of amides is 1. The summed E-state index contributed by atoms with van der Waals surface area (Å²) < 4.78 is 0. The molecule has 0 heterocycles. The average molecular weight is 151 g/mol. The van der Waals surface area contributed by atoms with Gasteiger partial charge in [0.1, 0.15) is 0 Å². The molecule has 0 saturated carbocycles. The normalized spacial score (nSPS) is 7.82. The zero-order valence-electron chi connectivity index (χ0n) is 7.05. The smallest absolute Gasteiger partial charge is 0.298 e. The third kappa shape index (κ3) is 4.21. The first-order valence-corrected chi connectivity index (χ1v) is 3.51. The quantitative estimate of drug-likeness (QED) is 0.436. The molecule has 0 fully saturated rings. The van der Waals surface area contributed by atoms with Crippen molar-refractivity contribution < 1.29 is 4.79 Å². The molecule has 0 aliphatic rings. The SMILES string of the molecule is C=CCCN(C)C(=O)C#CC. The van der Waals surface area contributed by atoms with Gasteiger partial charge in [0.05, 0.1) is 0 Å². The number of carbonyl (C=O) groups is 1. The second-order valence-corrected chi connectivity index (χ2v) is 2.18. The molecule has 0 aliphatic carbocycles. The van der Waals surface area contributed by atoms with Gasteiger partial charge in [-0.2, -0.15) is 0 Å². The number of carbonyl (C=O) groups excluding carboxylic acids is 1. The van der Waals surface area contributed by atoms with Crippen molar-refractivity contribution in [3.8, 4) is 11.8 Å². The molecule has 0 rings (SSSR count). The Balaban J connectivity index is 3.79. The zero-order chi connectivity index (χ0) is 8.69. The number of hydrogen-bond donors (Lipinski definition) is 0. The first-order valence-electron chi connectivity index (χ1n) is 3.51. The Morgan fingerprint density at radius 2 is 2.36 bits per heavy atom. The van der Waals surface area contributed by atoms with E-state index in [9.17, 15) is 4.79 Å². The van der Waals surface area contributed by atoms with Crippen LogP contribution in [0, 0.1) is 11.8 Å². The summed E-state index contributed by atoms with van der Waals surface area (Å²) in [6, 6.07) is 0. The maximum atomic E-state index is 11.0. The highest BCUT2D eigenvalue weighted by atomic mass is 16.2. The second-order valence-electron chi connectivity index (χ2n) is 2.18. The molecule has 2 nitrogen and oxygen atoms in total. The highest BCUT2D eigenvalue weighted by molar-refractivity contribution is 5.93. The Hall–Kier alpha value is -1.23. The Morgan fingerprint density at radius 3 is 2.82 bits per heavy atom. The van der Waals surface area contributed by atoms with Gasteiger partial charge in [-0.15, -0.1) is 6.58 Å². The summed E-state index contributed by atoms with van der Waals surface area (Å²) in [7, 11) is 1.73. The number of hydrogen-bond acceptors (Lipinski definition) is 1. The molecule has 1 amide bonds. The Labute approximate surface area is 67.9 Å². The van der Waals surface area contributed by atoms with Crippen molar-refractivity contribution in [2.75, 3.05) is 13.6 Å². The monoisotopic (exact) mass is 151 g/mol. The molecule has 0 spiro atoms. The van der Waals surface area contributed by atoms with E-state index in [2.05, 4.69) is 18.4 Å². The van der Waals surface area contributed by atoms with Crippen LogP contribution in [0.5, 0.6) is 0 Å². The molecule has 0 radical (unpaired) electrons. The van der Waals surface area contributed by atoms with Crippen LogP contribution < -0.4 is 0 Å². The van der Waals surface area contributed by atoms with Crippen LogP contribution in [0.2, 0.25) is 0 Å². The summed E-state index contributed by atoms with van der Waals surface area (Å²) in [6.07, 6.45) is 2.59.